The maximum absolute atomic E-state index is 13.6. The molecule has 7 fully saturated rings. The number of hydrogen-bond acceptors (Lipinski definition) is 20. The molecular weight excluding hydrogens is 1020 g/mol. The molecule has 0 amide bonds. The van der Waals surface area contributed by atoms with Gasteiger partial charge in [0.1, 0.15) is 59.5 Å². The molecule has 0 aromatic heterocycles. The zero-order valence-corrected chi connectivity index (χ0v) is 47.2. The first-order valence-corrected chi connectivity index (χ1v) is 28.2. The zero-order chi connectivity index (χ0) is 56.3. The van der Waals surface area contributed by atoms with E-state index in [-0.39, 0.29) is 44.6 Å². The Labute approximate surface area is 458 Å². The summed E-state index contributed by atoms with van der Waals surface area (Å²) in [7, 11) is 6.22. The lowest BCUT2D eigenvalue weighted by molar-refractivity contribution is -0.365. The van der Waals surface area contributed by atoms with E-state index < -0.39 is 156 Å². The van der Waals surface area contributed by atoms with E-state index >= 15 is 0 Å². The van der Waals surface area contributed by atoms with Crippen LogP contribution >= 0.6 is 0 Å². The summed E-state index contributed by atoms with van der Waals surface area (Å²) in [6, 6.07) is 9.33. The summed E-state index contributed by atoms with van der Waals surface area (Å²) in [5, 5.41) is 71.5. The van der Waals surface area contributed by atoms with Gasteiger partial charge in [0.2, 0.25) is 0 Å². The summed E-state index contributed by atoms with van der Waals surface area (Å²) < 4.78 is 80.9. The average Bonchev–Trinajstić information content (AvgIpc) is 2.74. The highest BCUT2D eigenvalue weighted by atomic mass is 16.8. The molecule has 440 valence electrons. The molecular formula is C58H88O20. The van der Waals surface area contributed by atoms with E-state index in [1.807, 2.05) is 50.3 Å². The number of methoxy groups -OCH3 is 4. The summed E-state index contributed by atoms with van der Waals surface area (Å²) in [4.78, 5) is 13.6. The molecule has 8 aliphatic rings. The predicted octanol–water partition coefficient (Wildman–Crippen LogP) is 4.00. The van der Waals surface area contributed by atoms with Crippen LogP contribution in [0.1, 0.15) is 118 Å². The fourth-order valence-electron chi connectivity index (χ4n) is 15.2. The molecule has 1 unspecified atom stereocenters. The number of hydrogen-bond donors (Lipinski definition) is 6. The van der Waals surface area contributed by atoms with Gasteiger partial charge in [-0.25, -0.2) is 4.79 Å². The van der Waals surface area contributed by atoms with Gasteiger partial charge in [-0.05, 0) is 96.6 Å². The van der Waals surface area contributed by atoms with Crippen LogP contribution in [0.25, 0.3) is 6.08 Å². The van der Waals surface area contributed by atoms with E-state index in [2.05, 4.69) is 6.92 Å². The second-order valence-corrected chi connectivity index (χ2v) is 23.9. The molecule has 4 heterocycles. The molecule has 1 aromatic carbocycles. The minimum absolute atomic E-state index is 0.00263. The van der Waals surface area contributed by atoms with Gasteiger partial charge in [0.15, 0.2) is 25.2 Å². The molecule has 4 saturated heterocycles. The Kier molecular flexibility index (Phi) is 18.2. The van der Waals surface area contributed by atoms with Crippen LogP contribution in [-0.4, -0.2) is 205 Å². The molecule has 78 heavy (non-hydrogen) atoms. The Morgan fingerprint density at radius 3 is 1.87 bits per heavy atom. The van der Waals surface area contributed by atoms with Crippen molar-refractivity contribution in [2.75, 3.05) is 28.4 Å². The normalized spacial score (nSPS) is 49.1. The molecule has 0 radical (unpaired) electrons. The van der Waals surface area contributed by atoms with E-state index in [0.29, 0.717) is 25.7 Å². The molecule has 0 bridgehead atoms. The number of rotatable bonds is 16. The lowest BCUT2D eigenvalue weighted by Crippen LogP contribution is -2.78. The summed E-state index contributed by atoms with van der Waals surface area (Å²) >= 11 is 0. The van der Waals surface area contributed by atoms with Gasteiger partial charge in [-0.1, -0.05) is 55.8 Å². The maximum atomic E-state index is 13.6. The van der Waals surface area contributed by atoms with Crippen molar-refractivity contribution in [1.29, 1.82) is 0 Å². The summed E-state index contributed by atoms with van der Waals surface area (Å²) in [5.41, 5.74) is -5.86. The van der Waals surface area contributed by atoms with Crippen LogP contribution in [0, 0.1) is 16.7 Å². The number of carbonyl (C=O) groups excluding carboxylic acids is 1. The fourth-order valence-corrected chi connectivity index (χ4v) is 15.2. The summed E-state index contributed by atoms with van der Waals surface area (Å²) in [6.07, 6.45) is -6.35. The second-order valence-electron chi connectivity index (χ2n) is 23.9. The van der Waals surface area contributed by atoms with Crippen molar-refractivity contribution in [3.8, 4) is 0 Å². The van der Waals surface area contributed by atoms with Gasteiger partial charge in [0, 0.05) is 59.7 Å². The smallest absolute Gasteiger partial charge is 0.331 e. The number of aliphatic hydroxyl groups is 6. The molecule has 26 atom stereocenters. The molecule has 6 N–H and O–H groups in total. The van der Waals surface area contributed by atoms with Gasteiger partial charge in [0.05, 0.1) is 60.4 Å². The number of carbonyl (C=O) groups is 1. The first-order valence-electron chi connectivity index (χ1n) is 28.2. The molecule has 1 aromatic rings. The van der Waals surface area contributed by atoms with E-state index in [0.717, 1.165) is 11.1 Å². The van der Waals surface area contributed by atoms with Gasteiger partial charge < -0.3 is 92.2 Å². The molecule has 4 aliphatic carbocycles. The second kappa shape index (κ2) is 23.6. The van der Waals surface area contributed by atoms with Crippen LogP contribution in [0.3, 0.4) is 0 Å². The molecule has 0 spiro atoms. The quantitative estimate of drug-likeness (QED) is 0.0777. The van der Waals surface area contributed by atoms with Crippen LogP contribution in [0.2, 0.25) is 0 Å². The molecule has 20 nitrogen and oxygen atoms in total. The fraction of sp³-hybridized carbons (Fsp3) is 0.810. The Hall–Kier alpha value is -2.55. The van der Waals surface area contributed by atoms with E-state index in [4.69, 9.17) is 61.6 Å². The Morgan fingerprint density at radius 2 is 1.26 bits per heavy atom. The lowest BCUT2D eigenvalue weighted by Gasteiger charge is -2.67. The largest absolute Gasteiger partial charge is 0.458 e. The monoisotopic (exact) mass is 1100 g/mol. The number of esters is 1. The van der Waals surface area contributed by atoms with Crippen LogP contribution in [0.15, 0.2) is 48.1 Å². The number of ether oxygens (including phenoxy) is 13. The minimum Gasteiger partial charge on any atom is -0.458 e. The standard InChI is InChI=1S/C58H88O20/c1-30-47(61)38(66-8)26-45(70-30)77-51-33(4)73-53(48(62)52(51)69-11)78-50-32(3)72-46(28-40(50)68-10)76-49-31(2)71-44(27-39(49)67-9)74-37-20-21-54(6)36(25-37)19-22-57(64)41(54)29-42(75-43(60)18-17-35-15-13-12-14-16-35)55(7)56(63,34(5)59)23-24-58(55,57)65/h12-19,30-34,37-42,44-53,59,61-65H,20-29H2,1-11H3/b18-17+/t30-,31-,32-,33-,34?,37+,38-,39+,40-,41-,42-,44+,45+,46+,47-,48-,49-,50-,51-,52+,53+,54+,55-,56+,57+,58-/m1/s1. The van der Waals surface area contributed by atoms with Crippen molar-refractivity contribution in [3.05, 3.63) is 53.6 Å². The maximum Gasteiger partial charge on any atom is 0.331 e. The van der Waals surface area contributed by atoms with Crippen molar-refractivity contribution in [2.24, 2.45) is 16.7 Å². The van der Waals surface area contributed by atoms with Crippen molar-refractivity contribution in [3.63, 3.8) is 0 Å². The first-order chi connectivity index (χ1) is 37.0. The lowest BCUT2D eigenvalue weighted by atomic mass is 9.42. The zero-order valence-electron chi connectivity index (χ0n) is 47.2. The highest BCUT2D eigenvalue weighted by Gasteiger charge is 2.81. The molecule has 20 heteroatoms. The number of aliphatic hydroxyl groups excluding tert-OH is 3. The minimum atomic E-state index is -1.92. The van der Waals surface area contributed by atoms with Crippen LogP contribution in [0.5, 0.6) is 0 Å². The number of benzene rings is 1. The van der Waals surface area contributed by atoms with E-state index in [1.54, 1.807) is 41.1 Å². The number of fused-ring (bicyclic) bond motifs is 5. The third kappa shape index (κ3) is 10.6. The van der Waals surface area contributed by atoms with Crippen molar-refractivity contribution >= 4 is 12.0 Å². The van der Waals surface area contributed by atoms with Gasteiger partial charge in [-0.3, -0.25) is 0 Å². The SMILES string of the molecule is CO[C@H]1[C@@H](O)[C@H](O[C@@H]2[C@@H](C)O[C@@H](O[C@H]3[C@@H](OC)C[C@H](O[C@H]4CC[C@@]5(C)C(=CC[C@]6(O)[C@@H]5C[C@@H](OC(=O)/C=C/c5ccccc5)[C@@]5(C)[C@]6(O)CC[C@]5(O)C(C)O)C4)O[C@@H]3C)C[C@H]2OC)O[C@H](C)[C@H]1O[C@H]1C[C@@H](OC)[C@H](O)[C@@H](C)O1. The van der Waals surface area contributed by atoms with Gasteiger partial charge in [-0.15, -0.1) is 0 Å². The van der Waals surface area contributed by atoms with Gasteiger partial charge >= 0.3 is 5.97 Å². The third-order valence-electron chi connectivity index (χ3n) is 19.8. The Morgan fingerprint density at radius 1 is 0.679 bits per heavy atom. The highest BCUT2D eigenvalue weighted by Crippen LogP contribution is 2.71. The Balaban J connectivity index is 0.815. The van der Waals surface area contributed by atoms with Crippen molar-refractivity contribution in [2.45, 2.75) is 252 Å². The predicted molar refractivity (Wildman–Crippen MR) is 278 cm³/mol. The summed E-state index contributed by atoms with van der Waals surface area (Å²) in [5.74, 6) is -1.22. The summed E-state index contributed by atoms with van der Waals surface area (Å²) in [6.45, 7) is 12.5. The van der Waals surface area contributed by atoms with Gasteiger partial charge in [-0.2, -0.15) is 0 Å². The van der Waals surface area contributed by atoms with Crippen molar-refractivity contribution in [1.82, 2.24) is 0 Å². The Bertz CT molecular complexity index is 2250. The highest BCUT2D eigenvalue weighted by molar-refractivity contribution is 5.87. The third-order valence-corrected chi connectivity index (χ3v) is 19.8. The topological polar surface area (TPSA) is 258 Å². The molecule has 9 rings (SSSR count). The van der Waals surface area contributed by atoms with Gasteiger partial charge in [0.25, 0.3) is 0 Å². The van der Waals surface area contributed by atoms with Crippen LogP contribution in [-0.2, 0) is 66.4 Å². The van der Waals surface area contributed by atoms with Crippen LogP contribution < -0.4 is 0 Å². The molecule has 4 aliphatic heterocycles. The average molecular weight is 1110 g/mol. The van der Waals surface area contributed by atoms with E-state index in [9.17, 15) is 35.4 Å². The molecule has 3 saturated carbocycles. The van der Waals surface area contributed by atoms with Crippen LogP contribution in [0.4, 0.5) is 0 Å². The first kappa shape index (κ1) is 60.1. The van der Waals surface area contributed by atoms with Crippen molar-refractivity contribution < 1.29 is 97.0 Å². The van der Waals surface area contributed by atoms with E-state index in [1.165, 1.54) is 27.2 Å².